The van der Waals surface area contributed by atoms with Gasteiger partial charge in [-0.3, -0.25) is 23.4 Å². The summed E-state index contributed by atoms with van der Waals surface area (Å²) in [5.74, 6) is -1.69. The van der Waals surface area contributed by atoms with Crippen molar-refractivity contribution < 1.29 is 52.2 Å². The number of rotatable bonds is 51. The van der Waals surface area contributed by atoms with Crippen LogP contribution in [0.5, 0.6) is 0 Å². The summed E-state index contributed by atoms with van der Waals surface area (Å²) in [6.07, 6.45) is 72.6. The van der Waals surface area contributed by atoms with Gasteiger partial charge in [-0.1, -0.05) is 205 Å². The van der Waals surface area contributed by atoms with Crippen LogP contribution in [0.15, 0.2) is 146 Å². The summed E-state index contributed by atoms with van der Waals surface area (Å²) in [5.41, 5.74) is 0. The van der Waals surface area contributed by atoms with E-state index in [1.807, 2.05) is 18.2 Å². The lowest BCUT2D eigenvalue weighted by Crippen LogP contribution is -2.30. The van der Waals surface area contributed by atoms with Gasteiger partial charge >= 0.3 is 25.7 Å². The molecule has 0 aliphatic heterocycles. The molecule has 0 aromatic rings. The Hall–Kier alpha value is -4.64. The van der Waals surface area contributed by atoms with Crippen molar-refractivity contribution in [3.05, 3.63) is 146 Å². The minimum atomic E-state index is -4.79. The fraction of sp³-hybridized carbons (Fsp3) is 0.578. The Bertz CT molecular complexity index is 1830. The van der Waals surface area contributed by atoms with Crippen LogP contribution in [0.4, 0.5) is 0 Å². The third-order valence-electron chi connectivity index (χ3n) is 11.3. The van der Waals surface area contributed by atoms with Gasteiger partial charge in [0.15, 0.2) is 6.10 Å². The quantitative estimate of drug-likeness (QED) is 0.0197. The molecule has 0 radical (unpaired) electrons. The molecule has 0 aromatic carbocycles. The smallest absolute Gasteiger partial charge is 0.462 e. The van der Waals surface area contributed by atoms with Crippen LogP contribution in [0.1, 0.15) is 201 Å². The summed E-state index contributed by atoms with van der Waals surface area (Å²) in [7, 11) is -4.79. The van der Waals surface area contributed by atoms with E-state index in [-0.39, 0.29) is 19.3 Å². The molecule has 0 saturated carbocycles. The predicted molar refractivity (Wildman–Crippen MR) is 316 cm³/mol. The van der Waals surface area contributed by atoms with Crippen LogP contribution in [0, 0.1) is 0 Å². The number of hydrogen-bond acceptors (Lipinski definition) is 10. The first kappa shape index (κ1) is 71.4. The monoisotopic (exact) mass is 1080 g/mol. The molecule has 0 saturated heterocycles. The van der Waals surface area contributed by atoms with Gasteiger partial charge in [-0.2, -0.15) is 0 Å². The summed E-state index contributed by atoms with van der Waals surface area (Å²) in [4.78, 5) is 48.5. The number of esters is 3. The maximum atomic E-state index is 12.9. The standard InChI is InChI=1S/C64H101O11P/c1-4-7-10-13-16-19-22-25-28-29-30-31-34-35-38-41-44-47-50-53-62(66)71-57-61(75-64(68)55-52-49-46-43-40-37-33-27-24-21-18-15-12-9-6-3)59-73-76(69,70)72-58-60(56-65)74-63(67)54-51-48-45-42-39-36-32-26-23-20-17-14-11-8-5-2/h7,9-10,12,16-21,25-28,30-33,35,38,40,43,49,52,60-61,65H,4-6,8,11,13-15,22-24,29,34,36-37,39,41-42,44-48,50-51,53-59H2,1-3H3,(H,69,70)/b10-7-,12-9-,19-16-,20-17-,21-18-,28-25-,31-30-,32-26-,33-27-,38-35-,43-40-,52-49-. The van der Waals surface area contributed by atoms with Crippen LogP contribution in [-0.2, 0) is 42.2 Å². The lowest BCUT2D eigenvalue weighted by Gasteiger charge is -2.21. The fourth-order valence-electron chi connectivity index (χ4n) is 6.96. The minimum Gasteiger partial charge on any atom is -0.462 e. The number of carbonyl (C=O) groups excluding carboxylic acids is 3. The number of ether oxygens (including phenoxy) is 3. The van der Waals surface area contributed by atoms with Crippen LogP contribution in [-0.4, -0.2) is 66.5 Å². The Kier molecular flexibility index (Phi) is 53.1. The number of aliphatic hydroxyl groups is 1. The Morgan fingerprint density at radius 1 is 0.395 bits per heavy atom. The molecule has 0 heterocycles. The first-order valence-corrected chi connectivity index (χ1v) is 30.2. The fourth-order valence-corrected chi connectivity index (χ4v) is 7.74. The highest BCUT2D eigenvalue weighted by atomic mass is 31.2. The largest absolute Gasteiger partial charge is 0.472 e. The number of hydrogen-bond donors (Lipinski definition) is 2. The zero-order valence-electron chi connectivity index (χ0n) is 47.2. The first-order valence-electron chi connectivity index (χ1n) is 28.7. The zero-order valence-corrected chi connectivity index (χ0v) is 48.0. The molecule has 0 aliphatic carbocycles. The minimum absolute atomic E-state index is 0.0815. The predicted octanol–water partition coefficient (Wildman–Crippen LogP) is 17.1. The van der Waals surface area contributed by atoms with Crippen LogP contribution in [0.25, 0.3) is 0 Å². The van der Waals surface area contributed by atoms with Gasteiger partial charge in [-0.25, -0.2) is 4.57 Å². The second-order valence-electron chi connectivity index (χ2n) is 18.3. The highest BCUT2D eigenvalue weighted by Crippen LogP contribution is 2.43. The van der Waals surface area contributed by atoms with Crippen molar-refractivity contribution in [1.29, 1.82) is 0 Å². The van der Waals surface area contributed by atoms with Crippen molar-refractivity contribution in [3.63, 3.8) is 0 Å². The number of carbonyl (C=O) groups is 3. The average Bonchev–Trinajstić information content (AvgIpc) is 3.41. The zero-order chi connectivity index (χ0) is 55.5. The van der Waals surface area contributed by atoms with Crippen LogP contribution < -0.4 is 0 Å². The van der Waals surface area contributed by atoms with Crippen molar-refractivity contribution in [2.24, 2.45) is 0 Å². The van der Waals surface area contributed by atoms with E-state index >= 15 is 0 Å². The highest BCUT2D eigenvalue weighted by Gasteiger charge is 2.28. The van der Waals surface area contributed by atoms with Crippen LogP contribution in [0.3, 0.4) is 0 Å². The summed E-state index contributed by atoms with van der Waals surface area (Å²) < 4.78 is 39.3. The van der Waals surface area contributed by atoms with Gasteiger partial charge < -0.3 is 24.2 Å². The maximum absolute atomic E-state index is 12.9. The van der Waals surface area contributed by atoms with Crippen molar-refractivity contribution >= 4 is 25.7 Å². The number of phosphoric ester groups is 1. The molecule has 2 N–H and O–H groups in total. The molecule has 0 amide bonds. The lowest BCUT2D eigenvalue weighted by molar-refractivity contribution is -0.160. The SMILES string of the molecule is CC/C=C\C/C=C\C/C=C\C/C=C\C/C=C\CCCCCC(=O)OCC(COP(=O)(O)OCC(CO)OC(=O)CCCCCCC/C=C\C/C=C\CCCCC)OC(=O)C/C=C\C/C=C\C/C=C\C/C=C\C/C=C\CC. The summed E-state index contributed by atoms with van der Waals surface area (Å²) in [6.45, 7) is 4.20. The third kappa shape index (κ3) is 54.2. The van der Waals surface area contributed by atoms with E-state index in [9.17, 15) is 28.9 Å². The number of phosphoric acid groups is 1. The Balaban J connectivity index is 4.91. The topological polar surface area (TPSA) is 155 Å². The second kappa shape index (κ2) is 56.6. The second-order valence-corrected chi connectivity index (χ2v) is 19.8. The molecular formula is C64H101O11P. The van der Waals surface area contributed by atoms with Gasteiger partial charge in [0.25, 0.3) is 0 Å². The molecule has 0 rings (SSSR count). The van der Waals surface area contributed by atoms with Crippen molar-refractivity contribution in [2.45, 2.75) is 213 Å². The molecule has 11 nitrogen and oxygen atoms in total. The molecule has 0 aliphatic rings. The number of allylic oxidation sites excluding steroid dienone is 23. The maximum Gasteiger partial charge on any atom is 0.472 e. The number of unbranched alkanes of at least 4 members (excludes halogenated alkanes) is 11. The van der Waals surface area contributed by atoms with Gasteiger partial charge in [-0.05, 0) is 122 Å². The molecule has 3 unspecified atom stereocenters. The number of aliphatic hydroxyl groups excluding tert-OH is 1. The molecule has 428 valence electrons. The molecule has 0 fully saturated rings. The molecule has 0 spiro atoms. The third-order valence-corrected chi connectivity index (χ3v) is 12.2. The Morgan fingerprint density at radius 2 is 0.737 bits per heavy atom. The Labute approximate surface area is 461 Å². The molecular weight excluding hydrogens is 976 g/mol. The van der Waals surface area contributed by atoms with Crippen molar-refractivity contribution in [1.82, 2.24) is 0 Å². The molecule has 3 atom stereocenters. The van der Waals surface area contributed by atoms with Crippen LogP contribution >= 0.6 is 7.82 Å². The van der Waals surface area contributed by atoms with Gasteiger partial charge in [0.05, 0.1) is 26.2 Å². The van der Waals surface area contributed by atoms with E-state index in [1.165, 1.54) is 19.3 Å². The lowest BCUT2D eigenvalue weighted by atomic mass is 10.1. The first-order chi connectivity index (χ1) is 37.2. The molecule has 12 heteroatoms. The Morgan fingerprint density at radius 3 is 1.17 bits per heavy atom. The molecule has 76 heavy (non-hydrogen) atoms. The summed E-state index contributed by atoms with van der Waals surface area (Å²) >= 11 is 0. The van der Waals surface area contributed by atoms with Crippen molar-refractivity contribution in [2.75, 3.05) is 26.4 Å². The van der Waals surface area contributed by atoms with E-state index in [0.717, 1.165) is 122 Å². The van der Waals surface area contributed by atoms with E-state index in [1.54, 1.807) is 6.08 Å². The molecule has 0 aromatic heterocycles. The van der Waals surface area contributed by atoms with E-state index in [0.29, 0.717) is 19.3 Å². The van der Waals surface area contributed by atoms with Gasteiger partial charge in [-0.15, -0.1) is 0 Å². The van der Waals surface area contributed by atoms with Crippen LogP contribution in [0.2, 0.25) is 0 Å². The highest BCUT2D eigenvalue weighted by molar-refractivity contribution is 7.47. The van der Waals surface area contributed by atoms with Gasteiger partial charge in [0, 0.05) is 12.8 Å². The summed E-state index contributed by atoms with van der Waals surface area (Å²) in [5, 5.41) is 9.81. The normalized spacial score (nSPS) is 14.4. The van der Waals surface area contributed by atoms with Gasteiger partial charge in [0.1, 0.15) is 12.7 Å². The van der Waals surface area contributed by atoms with Gasteiger partial charge in [0.2, 0.25) is 0 Å². The molecule has 0 bridgehead atoms. The van der Waals surface area contributed by atoms with E-state index < -0.39 is 64.4 Å². The summed E-state index contributed by atoms with van der Waals surface area (Å²) in [6, 6.07) is 0. The van der Waals surface area contributed by atoms with E-state index in [4.69, 9.17) is 23.3 Å². The van der Waals surface area contributed by atoms with E-state index in [2.05, 4.69) is 142 Å². The average molecular weight is 1080 g/mol. The van der Waals surface area contributed by atoms with Crippen molar-refractivity contribution in [3.8, 4) is 0 Å².